The lowest BCUT2D eigenvalue weighted by atomic mass is 9.74. The highest BCUT2D eigenvalue weighted by molar-refractivity contribution is 6.00. The van der Waals surface area contributed by atoms with Crippen molar-refractivity contribution in [2.45, 2.75) is 120 Å². The Labute approximate surface area is 203 Å². The van der Waals surface area contributed by atoms with Crippen molar-refractivity contribution in [3.63, 3.8) is 0 Å². The Kier molecular flexibility index (Phi) is 12.5. The monoisotopic (exact) mass is 458 g/mol. The van der Waals surface area contributed by atoms with Gasteiger partial charge in [-0.3, -0.25) is 14.4 Å². The van der Waals surface area contributed by atoms with Crippen molar-refractivity contribution in [2.24, 2.45) is 29.1 Å². The van der Waals surface area contributed by atoms with Gasteiger partial charge in [-0.05, 0) is 55.8 Å². The van der Waals surface area contributed by atoms with Gasteiger partial charge in [0.25, 0.3) is 0 Å². The first-order chi connectivity index (χ1) is 15.4. The Bertz CT molecular complexity index is 717. The maximum Gasteiger partial charge on any atom is 0.143 e. The second-order valence-electron chi connectivity index (χ2n) is 12.0. The highest BCUT2D eigenvalue weighted by Gasteiger charge is 2.31. The Balaban J connectivity index is 3.00. The Morgan fingerprint density at radius 1 is 1.12 bits per heavy atom. The summed E-state index contributed by atoms with van der Waals surface area (Å²) in [7, 11) is 0. The van der Waals surface area contributed by atoms with Crippen molar-refractivity contribution >= 4 is 17.3 Å². The molecule has 0 aromatic carbocycles. The summed E-state index contributed by atoms with van der Waals surface area (Å²) in [5.74, 6) is 1.44. The van der Waals surface area contributed by atoms with Crippen LogP contribution >= 0.6 is 0 Å². The van der Waals surface area contributed by atoms with Crippen LogP contribution in [0.1, 0.15) is 120 Å². The van der Waals surface area contributed by atoms with Gasteiger partial charge in [0.05, 0.1) is 6.42 Å². The Hall–Kier alpha value is -1.51. The van der Waals surface area contributed by atoms with E-state index >= 15 is 0 Å². The van der Waals surface area contributed by atoms with E-state index in [1.165, 1.54) is 5.57 Å². The summed E-state index contributed by atoms with van der Waals surface area (Å²) in [6, 6.07) is 0. The van der Waals surface area contributed by atoms with E-state index in [9.17, 15) is 14.4 Å². The molecule has 0 bridgehead atoms. The van der Waals surface area contributed by atoms with Crippen LogP contribution < -0.4 is 0 Å². The topological polar surface area (TPSA) is 51.2 Å². The van der Waals surface area contributed by atoms with Gasteiger partial charge in [-0.2, -0.15) is 0 Å². The summed E-state index contributed by atoms with van der Waals surface area (Å²) >= 11 is 0. The third-order valence-electron chi connectivity index (χ3n) is 6.97. The Morgan fingerprint density at radius 2 is 1.79 bits per heavy atom. The molecule has 3 atom stereocenters. The van der Waals surface area contributed by atoms with Crippen molar-refractivity contribution in [1.29, 1.82) is 0 Å². The molecular formula is C30H50O3. The number of allylic oxidation sites excluding steroid dienone is 4. The molecule has 0 N–H and O–H groups in total. The van der Waals surface area contributed by atoms with Crippen LogP contribution in [-0.4, -0.2) is 17.3 Å². The van der Waals surface area contributed by atoms with Gasteiger partial charge in [-0.25, -0.2) is 0 Å². The predicted molar refractivity (Wildman–Crippen MR) is 139 cm³/mol. The van der Waals surface area contributed by atoms with Crippen molar-refractivity contribution in [2.75, 3.05) is 0 Å². The molecule has 3 nitrogen and oxygen atoms in total. The first-order valence-corrected chi connectivity index (χ1v) is 13.3. The highest BCUT2D eigenvalue weighted by Crippen LogP contribution is 2.35. The highest BCUT2D eigenvalue weighted by atomic mass is 16.1. The molecule has 3 unspecified atom stereocenters. The maximum absolute atomic E-state index is 13.2. The van der Waals surface area contributed by atoms with Crippen LogP contribution in [-0.2, 0) is 14.4 Å². The molecule has 33 heavy (non-hydrogen) atoms. The van der Waals surface area contributed by atoms with Crippen LogP contribution in [0.4, 0.5) is 0 Å². The average molecular weight is 459 g/mol. The minimum Gasteiger partial charge on any atom is -0.299 e. The molecule has 1 rings (SSSR count). The molecule has 188 valence electrons. The lowest BCUT2D eigenvalue weighted by molar-refractivity contribution is -0.131. The maximum atomic E-state index is 13.2. The fourth-order valence-electron chi connectivity index (χ4n) is 5.34. The number of carbonyl (C=O) groups is 3. The fourth-order valence-corrected chi connectivity index (χ4v) is 5.34. The smallest absolute Gasteiger partial charge is 0.143 e. The SMILES string of the molecule is CCCC(CC1CC/C(C(C)C)=C\C=C(\C)CC(=O)C1)C(CC)C(=O)CC(=O)CC(C)(C)C. The van der Waals surface area contributed by atoms with Crippen molar-refractivity contribution in [1.82, 2.24) is 0 Å². The average Bonchev–Trinajstić information content (AvgIpc) is 2.66. The molecule has 0 spiro atoms. The van der Waals surface area contributed by atoms with Crippen LogP contribution in [0.3, 0.4) is 0 Å². The number of hydrogen-bond acceptors (Lipinski definition) is 3. The normalized spacial score (nSPS) is 23.3. The second kappa shape index (κ2) is 14.0. The number of ketones is 3. The lowest BCUT2D eigenvalue weighted by Gasteiger charge is -2.30. The largest absolute Gasteiger partial charge is 0.299 e. The van der Waals surface area contributed by atoms with E-state index < -0.39 is 0 Å². The summed E-state index contributed by atoms with van der Waals surface area (Å²) in [5.41, 5.74) is 2.48. The summed E-state index contributed by atoms with van der Waals surface area (Å²) in [5, 5.41) is 0. The van der Waals surface area contributed by atoms with E-state index in [-0.39, 0.29) is 35.2 Å². The van der Waals surface area contributed by atoms with Gasteiger partial charge in [-0.15, -0.1) is 0 Å². The minimum atomic E-state index is -0.0907. The van der Waals surface area contributed by atoms with E-state index in [4.69, 9.17) is 0 Å². The first kappa shape index (κ1) is 29.5. The van der Waals surface area contributed by atoms with Crippen molar-refractivity contribution in [3.05, 3.63) is 23.3 Å². The van der Waals surface area contributed by atoms with Gasteiger partial charge in [-0.1, -0.05) is 84.6 Å². The van der Waals surface area contributed by atoms with Gasteiger partial charge >= 0.3 is 0 Å². The minimum absolute atomic E-state index is 0.0593. The standard InChI is InChI=1S/C30H50O3/c1-9-11-25(28(10-2)29(33)19-27(32)20-30(6,7)8)17-23-13-15-24(21(3)4)14-12-22(5)16-26(31)18-23/h12,14,21,23,25,28H,9-11,13,15-20H2,1-8H3/b22-12-,24-14+. The summed E-state index contributed by atoms with van der Waals surface area (Å²) in [6.07, 6.45) is 11.6. The number of hydrogen-bond donors (Lipinski definition) is 0. The van der Waals surface area contributed by atoms with Crippen LogP contribution in [0.5, 0.6) is 0 Å². The van der Waals surface area contributed by atoms with Gasteiger partial charge in [0, 0.05) is 25.2 Å². The van der Waals surface area contributed by atoms with E-state index in [0.717, 1.165) is 44.1 Å². The van der Waals surface area contributed by atoms with E-state index in [0.29, 0.717) is 36.9 Å². The quantitative estimate of drug-likeness (QED) is 0.294. The van der Waals surface area contributed by atoms with Crippen molar-refractivity contribution in [3.8, 4) is 0 Å². The van der Waals surface area contributed by atoms with Crippen LogP contribution in [0.2, 0.25) is 0 Å². The molecule has 0 fully saturated rings. The molecule has 0 aliphatic heterocycles. The number of Topliss-reactive ketones (excluding diaryl/α,β-unsaturated/α-hetero) is 3. The van der Waals surface area contributed by atoms with Gasteiger partial charge in [0.1, 0.15) is 17.3 Å². The van der Waals surface area contributed by atoms with Gasteiger partial charge in [0.15, 0.2) is 0 Å². The molecule has 0 aromatic rings. The molecule has 3 heteroatoms. The lowest BCUT2D eigenvalue weighted by Crippen LogP contribution is -2.28. The third kappa shape index (κ3) is 11.5. The number of carbonyl (C=O) groups excluding carboxylic acids is 3. The summed E-state index contributed by atoms with van der Waals surface area (Å²) in [6.45, 7) is 16.9. The summed E-state index contributed by atoms with van der Waals surface area (Å²) < 4.78 is 0. The molecule has 0 amide bonds. The molecule has 0 saturated carbocycles. The molecule has 0 aromatic heterocycles. The van der Waals surface area contributed by atoms with Crippen molar-refractivity contribution < 1.29 is 14.4 Å². The third-order valence-corrected chi connectivity index (χ3v) is 6.97. The zero-order valence-corrected chi connectivity index (χ0v) is 22.8. The zero-order valence-electron chi connectivity index (χ0n) is 22.8. The molecule has 0 saturated heterocycles. The fraction of sp³-hybridized carbons (Fsp3) is 0.767. The van der Waals surface area contributed by atoms with Gasteiger partial charge < -0.3 is 0 Å². The molecule has 1 aliphatic carbocycles. The predicted octanol–water partition coefficient (Wildman–Crippen LogP) is 8.07. The van der Waals surface area contributed by atoms with Crippen LogP contribution in [0, 0.1) is 29.1 Å². The second-order valence-corrected chi connectivity index (χ2v) is 12.0. The molecule has 0 heterocycles. The summed E-state index contributed by atoms with van der Waals surface area (Å²) in [4.78, 5) is 38.5. The molecular weight excluding hydrogens is 408 g/mol. The van der Waals surface area contributed by atoms with E-state index in [1.54, 1.807) is 0 Å². The molecule has 0 radical (unpaired) electrons. The van der Waals surface area contributed by atoms with Crippen LogP contribution in [0.15, 0.2) is 23.3 Å². The van der Waals surface area contributed by atoms with E-state index in [1.807, 2.05) is 27.7 Å². The number of rotatable bonds is 11. The zero-order chi connectivity index (χ0) is 25.2. The van der Waals surface area contributed by atoms with E-state index in [2.05, 4.69) is 39.8 Å². The van der Waals surface area contributed by atoms with Gasteiger partial charge in [0.2, 0.25) is 0 Å². The Morgan fingerprint density at radius 3 is 2.33 bits per heavy atom. The van der Waals surface area contributed by atoms with Crippen LogP contribution in [0.25, 0.3) is 0 Å². The first-order valence-electron chi connectivity index (χ1n) is 13.3. The molecule has 1 aliphatic rings.